The average Bonchev–Trinajstić information content (AvgIpc) is 3.44. The van der Waals surface area contributed by atoms with E-state index in [-0.39, 0.29) is 11.9 Å². The van der Waals surface area contributed by atoms with Crippen molar-refractivity contribution in [3.63, 3.8) is 0 Å². The summed E-state index contributed by atoms with van der Waals surface area (Å²) in [5, 5.41) is 15.6. The predicted molar refractivity (Wildman–Crippen MR) is 142 cm³/mol. The van der Waals surface area contributed by atoms with Crippen LogP contribution in [0.3, 0.4) is 0 Å². The second-order valence-electron chi connectivity index (χ2n) is 8.70. The van der Waals surface area contributed by atoms with Gasteiger partial charge in [0.15, 0.2) is 11.5 Å². The number of hydrogen-bond donors (Lipinski definition) is 1. The molecular weight excluding hydrogens is 494 g/mol. The maximum Gasteiger partial charge on any atom is 0.230 e. The predicted octanol–water partition coefficient (Wildman–Crippen LogP) is 3.75. The number of aryl methyl sites for hydroxylation is 1. The van der Waals surface area contributed by atoms with Gasteiger partial charge in [0.1, 0.15) is 11.6 Å². The van der Waals surface area contributed by atoms with Gasteiger partial charge in [0.25, 0.3) is 0 Å². The highest BCUT2D eigenvalue weighted by atomic mass is 32.1. The summed E-state index contributed by atoms with van der Waals surface area (Å²) >= 11 is 1.43. The lowest BCUT2D eigenvalue weighted by atomic mass is 10.0. The van der Waals surface area contributed by atoms with Gasteiger partial charge in [0, 0.05) is 26.2 Å². The number of piperazine rings is 1. The van der Waals surface area contributed by atoms with Crippen LogP contribution in [0.2, 0.25) is 0 Å². The fourth-order valence-corrected chi connectivity index (χ4v) is 6.09. The molecule has 3 heterocycles. The van der Waals surface area contributed by atoms with E-state index in [0.29, 0.717) is 28.0 Å². The monoisotopic (exact) mass is 525 g/mol. The zero-order valence-corrected chi connectivity index (χ0v) is 22.4. The summed E-state index contributed by atoms with van der Waals surface area (Å²) in [6.45, 7) is 4.91. The number of methoxy groups -OCH3 is 4. The van der Waals surface area contributed by atoms with Gasteiger partial charge in [0.05, 0.1) is 45.0 Å². The molecule has 0 aliphatic carbocycles. The molecular formula is C26H31N5O5S. The Morgan fingerprint density at radius 1 is 0.892 bits per heavy atom. The molecule has 1 unspecified atom stereocenters. The number of hydrogen-bond acceptors (Lipinski definition) is 10. The Hall–Kier alpha value is -3.70. The van der Waals surface area contributed by atoms with Gasteiger partial charge in [-0.3, -0.25) is 4.90 Å². The Balaban J connectivity index is 1.55. The van der Waals surface area contributed by atoms with E-state index in [0.717, 1.165) is 48.1 Å². The lowest BCUT2D eigenvalue weighted by Gasteiger charge is -2.40. The molecule has 1 atom stereocenters. The number of ether oxygens (including phenoxy) is 4. The van der Waals surface area contributed by atoms with E-state index < -0.39 is 0 Å². The minimum absolute atomic E-state index is 0.0894. The first-order chi connectivity index (χ1) is 18.0. The Morgan fingerprint density at radius 2 is 1.54 bits per heavy atom. The van der Waals surface area contributed by atoms with E-state index >= 15 is 0 Å². The first kappa shape index (κ1) is 25.0. The Labute approximate surface area is 219 Å². The molecule has 2 aromatic heterocycles. The van der Waals surface area contributed by atoms with E-state index in [4.69, 9.17) is 18.9 Å². The fourth-order valence-electron chi connectivity index (χ4n) is 4.93. The highest BCUT2D eigenvalue weighted by Crippen LogP contribution is 2.46. The van der Waals surface area contributed by atoms with Crippen LogP contribution in [0.1, 0.15) is 22.3 Å². The van der Waals surface area contributed by atoms with Crippen LogP contribution in [0.25, 0.3) is 4.96 Å². The topological polar surface area (TPSA) is 93.8 Å². The number of aromatic nitrogens is 3. The fraction of sp³-hybridized carbons (Fsp3) is 0.385. The molecule has 196 valence electrons. The van der Waals surface area contributed by atoms with Crippen LogP contribution in [0, 0.1) is 6.92 Å². The van der Waals surface area contributed by atoms with Gasteiger partial charge in [-0.15, -0.1) is 5.10 Å². The first-order valence-electron chi connectivity index (χ1n) is 12.0. The summed E-state index contributed by atoms with van der Waals surface area (Å²) in [4.78, 5) is 10.6. The van der Waals surface area contributed by atoms with Gasteiger partial charge in [-0.2, -0.15) is 4.52 Å². The SMILES string of the molecule is COc1ccccc1N1CCN(C(c2cc(OC)c(OC)c(OC)c2)c2sc3nc(C)nn3c2O)CC1. The summed E-state index contributed by atoms with van der Waals surface area (Å²) in [5.41, 5.74) is 1.99. The lowest BCUT2D eigenvalue weighted by Crippen LogP contribution is -2.48. The number of para-hydroxylation sites is 2. The van der Waals surface area contributed by atoms with Crippen LogP contribution in [-0.4, -0.2) is 79.2 Å². The summed E-state index contributed by atoms with van der Waals surface area (Å²) in [7, 11) is 6.49. The molecule has 0 amide bonds. The Morgan fingerprint density at radius 3 is 2.14 bits per heavy atom. The standard InChI is InChI=1S/C26H31N5O5S/c1-16-27-26-31(28-16)25(32)24(37-26)22(17-14-20(34-3)23(36-5)21(15-17)35-4)30-12-10-29(11-13-30)18-8-6-7-9-19(18)33-2/h6-9,14-15,22,32H,10-13H2,1-5H3. The molecule has 11 heteroatoms. The molecule has 0 spiro atoms. The zero-order chi connectivity index (χ0) is 26.1. The van der Waals surface area contributed by atoms with Crippen LogP contribution in [0.5, 0.6) is 28.9 Å². The van der Waals surface area contributed by atoms with Gasteiger partial charge in [-0.1, -0.05) is 23.5 Å². The third-order valence-corrected chi connectivity index (χ3v) is 7.73. The van der Waals surface area contributed by atoms with Crippen LogP contribution < -0.4 is 23.8 Å². The van der Waals surface area contributed by atoms with E-state index in [9.17, 15) is 5.11 Å². The number of nitrogens with zero attached hydrogens (tertiary/aromatic N) is 5. The Bertz CT molecular complexity index is 1370. The number of aromatic hydroxyl groups is 1. The van der Waals surface area contributed by atoms with Crippen molar-refractivity contribution in [3.05, 3.63) is 52.7 Å². The van der Waals surface area contributed by atoms with E-state index in [1.807, 2.05) is 37.3 Å². The van der Waals surface area contributed by atoms with Crippen molar-refractivity contribution in [2.75, 3.05) is 59.5 Å². The zero-order valence-electron chi connectivity index (χ0n) is 21.6. The smallest absolute Gasteiger partial charge is 0.230 e. The van der Waals surface area contributed by atoms with Crippen molar-refractivity contribution in [2.45, 2.75) is 13.0 Å². The highest BCUT2D eigenvalue weighted by molar-refractivity contribution is 7.17. The van der Waals surface area contributed by atoms with Crippen LogP contribution in [-0.2, 0) is 0 Å². The molecule has 4 aromatic rings. The van der Waals surface area contributed by atoms with E-state index in [1.54, 1.807) is 28.4 Å². The van der Waals surface area contributed by atoms with Gasteiger partial charge in [0.2, 0.25) is 16.6 Å². The largest absolute Gasteiger partial charge is 0.495 e. The second kappa shape index (κ2) is 10.3. The number of fused-ring (bicyclic) bond motifs is 1. The van der Waals surface area contributed by atoms with Crippen LogP contribution in [0.15, 0.2) is 36.4 Å². The molecule has 10 nitrogen and oxygen atoms in total. The van der Waals surface area contributed by atoms with E-state index in [2.05, 4.69) is 25.9 Å². The van der Waals surface area contributed by atoms with Gasteiger partial charge in [-0.05, 0) is 36.8 Å². The summed E-state index contributed by atoms with van der Waals surface area (Å²) in [6, 6.07) is 11.7. The normalized spacial score (nSPS) is 15.1. The van der Waals surface area contributed by atoms with Crippen LogP contribution in [0.4, 0.5) is 5.69 Å². The Kier molecular flexibility index (Phi) is 6.98. The summed E-state index contributed by atoms with van der Waals surface area (Å²) in [5.74, 6) is 3.20. The molecule has 0 saturated carbocycles. The maximum atomic E-state index is 11.2. The maximum absolute atomic E-state index is 11.2. The van der Waals surface area contributed by atoms with Crippen molar-refractivity contribution in [1.82, 2.24) is 19.5 Å². The molecule has 0 radical (unpaired) electrons. The second-order valence-corrected chi connectivity index (χ2v) is 9.71. The van der Waals surface area contributed by atoms with E-state index in [1.165, 1.54) is 15.9 Å². The number of thiazole rings is 1. The van der Waals surface area contributed by atoms with Crippen molar-refractivity contribution in [2.24, 2.45) is 0 Å². The van der Waals surface area contributed by atoms with Crippen molar-refractivity contribution in [1.29, 1.82) is 0 Å². The van der Waals surface area contributed by atoms with Gasteiger partial charge < -0.3 is 29.0 Å². The molecule has 1 N–H and O–H groups in total. The summed E-state index contributed by atoms with van der Waals surface area (Å²) < 4.78 is 23.9. The average molecular weight is 526 g/mol. The van der Waals surface area contributed by atoms with Gasteiger partial charge >= 0.3 is 0 Å². The molecule has 2 aromatic carbocycles. The number of benzene rings is 2. The quantitative estimate of drug-likeness (QED) is 0.369. The molecule has 37 heavy (non-hydrogen) atoms. The highest BCUT2D eigenvalue weighted by Gasteiger charge is 2.33. The third kappa shape index (κ3) is 4.49. The molecule has 1 saturated heterocycles. The minimum atomic E-state index is -0.276. The number of anilines is 1. The van der Waals surface area contributed by atoms with Crippen LogP contribution >= 0.6 is 11.3 Å². The lowest BCUT2D eigenvalue weighted by molar-refractivity contribution is 0.209. The third-order valence-electron chi connectivity index (χ3n) is 6.66. The first-order valence-corrected chi connectivity index (χ1v) is 12.8. The van der Waals surface area contributed by atoms with Crippen molar-refractivity contribution in [3.8, 4) is 28.9 Å². The summed E-state index contributed by atoms with van der Waals surface area (Å²) in [6.07, 6.45) is 0. The molecule has 1 aliphatic heterocycles. The van der Waals surface area contributed by atoms with Crippen molar-refractivity contribution < 1.29 is 24.1 Å². The molecule has 1 fully saturated rings. The molecule has 0 bridgehead atoms. The number of rotatable bonds is 8. The molecule has 5 rings (SSSR count). The minimum Gasteiger partial charge on any atom is -0.495 e. The van der Waals surface area contributed by atoms with Gasteiger partial charge in [-0.25, -0.2) is 4.98 Å². The van der Waals surface area contributed by atoms with Crippen molar-refractivity contribution >= 4 is 22.0 Å². The molecule has 1 aliphatic rings.